The number of nitrogens with one attached hydrogen (secondary N) is 1. The summed E-state index contributed by atoms with van der Waals surface area (Å²) < 4.78 is 10.6. The minimum atomic E-state index is -0.129. The second-order valence-electron chi connectivity index (χ2n) is 5.19. The molecule has 0 unspecified atom stereocenters. The van der Waals surface area contributed by atoms with Crippen molar-refractivity contribution in [3.8, 4) is 17.2 Å². The molecule has 5 nitrogen and oxygen atoms in total. The highest BCUT2D eigenvalue weighted by Gasteiger charge is 2.28. The van der Waals surface area contributed by atoms with Crippen molar-refractivity contribution in [2.75, 3.05) is 19.5 Å². The fraction of sp³-hybridized carbons (Fsp3) is 0.235. The summed E-state index contributed by atoms with van der Waals surface area (Å²) in [5.41, 5.74) is 2.55. The van der Waals surface area contributed by atoms with Crippen LogP contribution >= 0.6 is 0 Å². The van der Waals surface area contributed by atoms with E-state index in [1.165, 1.54) is 0 Å². The number of carbonyl (C=O) groups excluding carboxylic acids is 1. The third kappa shape index (κ3) is 2.45. The Labute approximate surface area is 128 Å². The van der Waals surface area contributed by atoms with Crippen molar-refractivity contribution in [1.29, 1.82) is 0 Å². The van der Waals surface area contributed by atoms with Crippen LogP contribution in [0.3, 0.4) is 0 Å². The molecule has 0 saturated heterocycles. The Morgan fingerprint density at radius 1 is 1.14 bits per heavy atom. The average molecular weight is 299 g/mol. The van der Waals surface area contributed by atoms with Gasteiger partial charge in [-0.25, -0.2) is 0 Å². The lowest BCUT2D eigenvalue weighted by molar-refractivity contribution is -0.116. The first kappa shape index (κ1) is 14.3. The zero-order valence-electron chi connectivity index (χ0n) is 12.4. The number of fused-ring (bicyclic) bond motifs is 1. The molecule has 0 aliphatic carbocycles. The highest BCUT2D eigenvalue weighted by molar-refractivity contribution is 5.96. The lowest BCUT2D eigenvalue weighted by Crippen LogP contribution is -2.23. The molecule has 1 aliphatic rings. The first-order valence-electron chi connectivity index (χ1n) is 6.97. The largest absolute Gasteiger partial charge is 0.508 e. The van der Waals surface area contributed by atoms with Gasteiger partial charge < -0.3 is 19.9 Å². The molecule has 1 amide bonds. The van der Waals surface area contributed by atoms with E-state index < -0.39 is 0 Å². The van der Waals surface area contributed by atoms with Gasteiger partial charge in [-0.1, -0.05) is 12.1 Å². The van der Waals surface area contributed by atoms with E-state index in [2.05, 4.69) is 5.32 Å². The van der Waals surface area contributed by atoms with Crippen LogP contribution in [0.5, 0.6) is 17.2 Å². The van der Waals surface area contributed by atoms with E-state index >= 15 is 0 Å². The summed E-state index contributed by atoms with van der Waals surface area (Å²) in [6.45, 7) is 0. The highest BCUT2D eigenvalue weighted by Crippen LogP contribution is 2.43. The van der Waals surface area contributed by atoms with Crippen LogP contribution in [0.25, 0.3) is 0 Å². The number of benzene rings is 2. The number of phenolic OH excluding ortho intramolecular Hbond substituents is 1. The van der Waals surface area contributed by atoms with E-state index in [0.29, 0.717) is 23.6 Å². The Balaban J connectivity index is 2.14. The molecular formula is C17H17NO4. The summed E-state index contributed by atoms with van der Waals surface area (Å²) in [4.78, 5) is 12.0. The molecule has 22 heavy (non-hydrogen) atoms. The normalized spacial score (nSPS) is 16.6. The van der Waals surface area contributed by atoms with E-state index in [1.54, 1.807) is 38.5 Å². The van der Waals surface area contributed by atoms with E-state index in [9.17, 15) is 9.90 Å². The van der Waals surface area contributed by atoms with Crippen LogP contribution in [0.4, 0.5) is 5.69 Å². The lowest BCUT2D eigenvalue weighted by atomic mass is 9.84. The topological polar surface area (TPSA) is 67.8 Å². The summed E-state index contributed by atoms with van der Waals surface area (Å²) in [5, 5.41) is 12.6. The summed E-state index contributed by atoms with van der Waals surface area (Å²) >= 11 is 0. The SMILES string of the molecule is COc1cc2c(cc1OC)[C@@H](c1cccc(O)c1)CC(=O)N2. The minimum absolute atomic E-state index is 0.0620. The van der Waals surface area contributed by atoms with E-state index in [0.717, 1.165) is 11.1 Å². The van der Waals surface area contributed by atoms with E-state index in [1.807, 2.05) is 12.1 Å². The van der Waals surface area contributed by atoms with Gasteiger partial charge in [0.1, 0.15) is 5.75 Å². The van der Waals surface area contributed by atoms with Crippen molar-refractivity contribution >= 4 is 11.6 Å². The van der Waals surface area contributed by atoms with Crippen molar-refractivity contribution < 1.29 is 19.4 Å². The second-order valence-corrected chi connectivity index (χ2v) is 5.19. The van der Waals surface area contributed by atoms with Crippen LogP contribution < -0.4 is 14.8 Å². The predicted octanol–water partition coefficient (Wildman–Crippen LogP) is 2.88. The average Bonchev–Trinajstić information content (AvgIpc) is 2.52. The van der Waals surface area contributed by atoms with Crippen LogP contribution in [0.1, 0.15) is 23.5 Å². The molecule has 0 radical (unpaired) electrons. The Morgan fingerprint density at radius 2 is 1.86 bits per heavy atom. The smallest absolute Gasteiger partial charge is 0.225 e. The number of carbonyl (C=O) groups is 1. The molecule has 114 valence electrons. The van der Waals surface area contributed by atoms with Gasteiger partial charge >= 0.3 is 0 Å². The second kappa shape index (κ2) is 5.60. The minimum Gasteiger partial charge on any atom is -0.508 e. The van der Waals surface area contributed by atoms with Gasteiger partial charge in [0, 0.05) is 24.1 Å². The molecule has 0 fully saturated rings. The number of hydrogen-bond donors (Lipinski definition) is 2. The van der Waals surface area contributed by atoms with Gasteiger partial charge in [-0.15, -0.1) is 0 Å². The maximum absolute atomic E-state index is 12.0. The predicted molar refractivity (Wildman–Crippen MR) is 82.7 cm³/mol. The van der Waals surface area contributed by atoms with Crippen molar-refractivity contribution in [3.05, 3.63) is 47.5 Å². The number of rotatable bonds is 3. The molecule has 1 atom stereocenters. The molecule has 5 heteroatoms. The quantitative estimate of drug-likeness (QED) is 0.914. The van der Waals surface area contributed by atoms with Gasteiger partial charge in [0.2, 0.25) is 5.91 Å². The first-order chi connectivity index (χ1) is 10.6. The molecule has 3 rings (SSSR count). The van der Waals surface area contributed by atoms with E-state index in [4.69, 9.17) is 9.47 Å². The van der Waals surface area contributed by atoms with Crippen LogP contribution in [0.2, 0.25) is 0 Å². The summed E-state index contributed by atoms with van der Waals surface area (Å²) in [5.74, 6) is 1.18. The number of ether oxygens (including phenoxy) is 2. The summed E-state index contributed by atoms with van der Waals surface area (Å²) in [6.07, 6.45) is 0.325. The van der Waals surface area contributed by atoms with Crippen molar-refractivity contribution in [2.45, 2.75) is 12.3 Å². The number of phenols is 1. The Kier molecular flexibility index (Phi) is 3.63. The monoisotopic (exact) mass is 299 g/mol. The van der Waals surface area contributed by atoms with Crippen molar-refractivity contribution in [1.82, 2.24) is 0 Å². The summed E-state index contributed by atoms with van der Waals surface area (Å²) in [6, 6.07) is 10.6. The Morgan fingerprint density at radius 3 is 2.55 bits per heavy atom. The van der Waals surface area contributed by atoms with Gasteiger partial charge in [-0.05, 0) is 29.3 Å². The molecule has 2 N–H and O–H groups in total. The molecule has 0 saturated carbocycles. The summed E-state index contributed by atoms with van der Waals surface area (Å²) in [7, 11) is 3.14. The number of anilines is 1. The maximum atomic E-state index is 12.0. The van der Waals surface area contributed by atoms with Gasteiger partial charge in [0.25, 0.3) is 0 Å². The molecule has 0 aromatic heterocycles. The number of aromatic hydroxyl groups is 1. The van der Waals surface area contributed by atoms with Gasteiger partial charge in [0.05, 0.1) is 14.2 Å². The van der Waals surface area contributed by atoms with Crippen LogP contribution in [0.15, 0.2) is 36.4 Å². The highest BCUT2D eigenvalue weighted by atomic mass is 16.5. The van der Waals surface area contributed by atoms with Crippen molar-refractivity contribution in [3.63, 3.8) is 0 Å². The van der Waals surface area contributed by atoms with Gasteiger partial charge in [-0.3, -0.25) is 4.79 Å². The zero-order valence-corrected chi connectivity index (χ0v) is 12.4. The fourth-order valence-electron chi connectivity index (χ4n) is 2.83. The number of amides is 1. The van der Waals surface area contributed by atoms with Crippen LogP contribution in [-0.2, 0) is 4.79 Å². The number of methoxy groups -OCH3 is 2. The van der Waals surface area contributed by atoms with Crippen LogP contribution in [-0.4, -0.2) is 25.2 Å². The molecule has 2 aromatic carbocycles. The molecule has 0 spiro atoms. The number of hydrogen-bond acceptors (Lipinski definition) is 4. The Hall–Kier alpha value is -2.69. The standard InChI is InChI=1S/C17H17NO4/c1-21-15-7-13-12(10-4-3-5-11(19)6-10)8-17(20)18-14(13)9-16(15)22-2/h3-7,9,12,19H,8H2,1-2H3,(H,18,20)/t12-/m1/s1. The van der Waals surface area contributed by atoms with Crippen LogP contribution in [0, 0.1) is 0 Å². The molecule has 2 aromatic rings. The molecule has 1 heterocycles. The van der Waals surface area contributed by atoms with Gasteiger partial charge in [-0.2, -0.15) is 0 Å². The first-order valence-corrected chi connectivity index (χ1v) is 6.97. The maximum Gasteiger partial charge on any atom is 0.225 e. The zero-order chi connectivity index (χ0) is 15.7. The molecule has 0 bridgehead atoms. The fourth-order valence-corrected chi connectivity index (χ4v) is 2.83. The van der Waals surface area contributed by atoms with Gasteiger partial charge in [0.15, 0.2) is 11.5 Å². The third-order valence-corrected chi connectivity index (χ3v) is 3.87. The Bertz CT molecular complexity index is 727. The lowest BCUT2D eigenvalue weighted by Gasteiger charge is -2.27. The third-order valence-electron chi connectivity index (χ3n) is 3.87. The molecule has 1 aliphatic heterocycles. The van der Waals surface area contributed by atoms with E-state index in [-0.39, 0.29) is 17.6 Å². The van der Waals surface area contributed by atoms with Crippen molar-refractivity contribution in [2.24, 2.45) is 0 Å². The molecular weight excluding hydrogens is 282 g/mol.